The van der Waals surface area contributed by atoms with Gasteiger partial charge in [-0.15, -0.1) is 0 Å². The second kappa shape index (κ2) is 8.99. The summed E-state index contributed by atoms with van der Waals surface area (Å²) in [6.07, 6.45) is 5.29. The topological polar surface area (TPSA) is 70.7 Å². The Bertz CT molecular complexity index is 1410. The third-order valence-electron chi connectivity index (χ3n) is 5.74. The van der Waals surface area contributed by atoms with Gasteiger partial charge in [0.1, 0.15) is 18.0 Å². The Balaban J connectivity index is 1.44. The first kappa shape index (κ1) is 21.7. The van der Waals surface area contributed by atoms with Crippen LogP contribution in [0.25, 0.3) is 17.0 Å². The number of amides is 2. The molecule has 2 aromatic carbocycles. The van der Waals surface area contributed by atoms with Gasteiger partial charge in [-0.1, -0.05) is 36.4 Å². The Morgan fingerprint density at radius 3 is 2.59 bits per heavy atom. The zero-order chi connectivity index (χ0) is 23.7. The molecule has 2 aromatic heterocycles. The van der Waals surface area contributed by atoms with Crippen LogP contribution in [-0.2, 0) is 22.7 Å². The number of furan rings is 1. The highest BCUT2D eigenvalue weighted by Crippen LogP contribution is 2.30. The third-order valence-corrected chi connectivity index (χ3v) is 6.20. The predicted octanol–water partition coefficient (Wildman–Crippen LogP) is 4.16. The number of anilines is 1. The predicted molar refractivity (Wildman–Crippen MR) is 135 cm³/mol. The number of fused-ring (bicyclic) bond motifs is 1. The van der Waals surface area contributed by atoms with E-state index in [1.165, 1.54) is 4.90 Å². The molecule has 1 N–H and O–H groups in total. The molecule has 0 aliphatic carbocycles. The monoisotopic (exact) mass is 470 g/mol. The van der Waals surface area contributed by atoms with E-state index in [4.69, 9.17) is 16.6 Å². The van der Waals surface area contributed by atoms with E-state index in [1.54, 1.807) is 24.3 Å². The van der Waals surface area contributed by atoms with Gasteiger partial charge in [-0.2, -0.15) is 0 Å². The number of carbonyl (C=O) groups excluding carboxylic acids is 2. The smallest absolute Gasteiger partial charge is 0.281 e. The highest BCUT2D eigenvalue weighted by molar-refractivity contribution is 7.80. The minimum absolute atomic E-state index is 0.137. The quantitative estimate of drug-likeness (QED) is 0.339. The van der Waals surface area contributed by atoms with Crippen molar-refractivity contribution in [2.24, 2.45) is 0 Å². The number of thiocarbonyl (C=S) groups is 1. The molecule has 8 heteroatoms. The lowest BCUT2D eigenvalue weighted by atomic mass is 10.1. The number of hydrogen-bond acceptors (Lipinski definition) is 4. The molecule has 5 rings (SSSR count). The van der Waals surface area contributed by atoms with Gasteiger partial charge in [-0.25, -0.2) is 0 Å². The molecule has 34 heavy (non-hydrogen) atoms. The maximum absolute atomic E-state index is 13.3. The molecule has 0 bridgehead atoms. The van der Waals surface area contributed by atoms with Crippen LogP contribution in [0.1, 0.15) is 11.3 Å². The van der Waals surface area contributed by atoms with Gasteiger partial charge in [0.05, 0.1) is 18.5 Å². The molecule has 4 aromatic rings. The molecule has 2 amide bonds. The first-order valence-electron chi connectivity index (χ1n) is 10.8. The van der Waals surface area contributed by atoms with E-state index in [9.17, 15) is 9.59 Å². The van der Waals surface area contributed by atoms with Gasteiger partial charge in [0.15, 0.2) is 5.11 Å². The van der Waals surface area contributed by atoms with Crippen LogP contribution in [0.3, 0.4) is 0 Å². The van der Waals surface area contributed by atoms with Crippen molar-refractivity contribution in [1.82, 2.24) is 14.8 Å². The number of hydrogen-bond donors (Lipinski definition) is 1. The van der Waals surface area contributed by atoms with Gasteiger partial charge in [0, 0.05) is 29.7 Å². The van der Waals surface area contributed by atoms with Crippen LogP contribution in [0.4, 0.5) is 5.69 Å². The number of carbonyl (C=O) groups is 2. The molecule has 7 nitrogen and oxygen atoms in total. The summed E-state index contributed by atoms with van der Waals surface area (Å²) >= 11 is 5.56. The summed E-state index contributed by atoms with van der Waals surface area (Å²) in [5, 5.41) is 4.23. The normalized spacial score (nSPS) is 15.0. The van der Waals surface area contributed by atoms with E-state index in [2.05, 4.69) is 5.32 Å². The van der Waals surface area contributed by atoms with Crippen LogP contribution < -0.4 is 10.2 Å². The SMILES string of the molecule is CN1C(=S)N(c2ccccc2)C(=O)/C1=C/c1cn(CC(=O)NCc2ccco2)c2ccccc12. The number of para-hydroxylation sites is 2. The summed E-state index contributed by atoms with van der Waals surface area (Å²) < 4.78 is 7.15. The molecule has 0 radical (unpaired) electrons. The number of nitrogens with one attached hydrogen (secondary N) is 1. The fourth-order valence-electron chi connectivity index (χ4n) is 4.04. The first-order valence-corrected chi connectivity index (χ1v) is 11.2. The molecule has 1 aliphatic rings. The number of nitrogens with zero attached hydrogens (tertiary/aromatic N) is 3. The fourth-order valence-corrected chi connectivity index (χ4v) is 4.33. The third kappa shape index (κ3) is 3.99. The molecular weight excluding hydrogens is 448 g/mol. The lowest BCUT2D eigenvalue weighted by Crippen LogP contribution is -2.30. The molecule has 0 spiro atoms. The van der Waals surface area contributed by atoms with Crippen LogP contribution in [0.5, 0.6) is 0 Å². The Hall–Kier alpha value is -4.17. The average Bonchev–Trinajstić information content (AvgIpc) is 3.54. The summed E-state index contributed by atoms with van der Waals surface area (Å²) in [5.74, 6) is 0.367. The number of rotatable bonds is 6. The van der Waals surface area contributed by atoms with Gasteiger partial charge >= 0.3 is 0 Å². The van der Waals surface area contributed by atoms with E-state index in [0.29, 0.717) is 23.1 Å². The lowest BCUT2D eigenvalue weighted by Gasteiger charge is -2.16. The highest BCUT2D eigenvalue weighted by atomic mass is 32.1. The van der Waals surface area contributed by atoms with Crippen molar-refractivity contribution in [1.29, 1.82) is 0 Å². The maximum Gasteiger partial charge on any atom is 0.281 e. The number of likely N-dealkylation sites (N-methyl/N-ethyl adjacent to an activating group) is 1. The van der Waals surface area contributed by atoms with Crippen molar-refractivity contribution in [3.63, 3.8) is 0 Å². The summed E-state index contributed by atoms with van der Waals surface area (Å²) in [4.78, 5) is 29.1. The zero-order valence-corrected chi connectivity index (χ0v) is 19.3. The highest BCUT2D eigenvalue weighted by Gasteiger charge is 2.36. The Morgan fingerprint density at radius 1 is 1.06 bits per heavy atom. The van der Waals surface area contributed by atoms with Crippen LogP contribution in [0, 0.1) is 0 Å². The van der Waals surface area contributed by atoms with E-state index in [1.807, 2.05) is 77.5 Å². The lowest BCUT2D eigenvalue weighted by molar-refractivity contribution is -0.121. The maximum atomic E-state index is 13.3. The second-order valence-electron chi connectivity index (χ2n) is 7.93. The molecular formula is C26H22N4O3S. The summed E-state index contributed by atoms with van der Waals surface area (Å²) in [6, 6.07) is 20.7. The standard InChI is InChI=1S/C26H22N4O3S/c1-28-23(25(32)30(26(28)34)19-8-3-2-4-9-19)14-18-16-29(22-12-6-5-11-21(18)22)17-24(31)27-15-20-10-7-13-33-20/h2-14,16H,15,17H2,1H3,(H,27,31)/b23-14-. The van der Waals surface area contributed by atoms with Gasteiger partial charge < -0.3 is 19.2 Å². The summed E-state index contributed by atoms with van der Waals surface area (Å²) in [7, 11) is 1.79. The van der Waals surface area contributed by atoms with Gasteiger partial charge in [-0.3, -0.25) is 14.5 Å². The van der Waals surface area contributed by atoms with E-state index in [0.717, 1.165) is 22.2 Å². The molecule has 1 fully saturated rings. The molecule has 3 heterocycles. The van der Waals surface area contributed by atoms with Crippen LogP contribution in [0.2, 0.25) is 0 Å². The molecule has 170 valence electrons. The van der Waals surface area contributed by atoms with Crippen molar-refractivity contribution < 1.29 is 14.0 Å². The average molecular weight is 471 g/mol. The van der Waals surface area contributed by atoms with Crippen molar-refractivity contribution in [3.8, 4) is 0 Å². The fraction of sp³-hybridized carbons (Fsp3) is 0.115. The summed E-state index contributed by atoms with van der Waals surface area (Å²) in [5.41, 5.74) is 2.93. The Morgan fingerprint density at radius 2 is 1.82 bits per heavy atom. The first-order chi connectivity index (χ1) is 16.5. The number of aromatic nitrogens is 1. The summed E-state index contributed by atoms with van der Waals surface area (Å²) in [6.45, 7) is 0.469. The minimum Gasteiger partial charge on any atom is -0.467 e. The van der Waals surface area contributed by atoms with Gasteiger partial charge in [0.2, 0.25) is 5.91 Å². The van der Waals surface area contributed by atoms with E-state index in [-0.39, 0.29) is 18.4 Å². The Kier molecular flexibility index (Phi) is 5.73. The van der Waals surface area contributed by atoms with Crippen molar-refractivity contribution in [3.05, 3.63) is 96.2 Å². The largest absolute Gasteiger partial charge is 0.467 e. The molecule has 1 saturated heterocycles. The molecule has 1 aliphatic heterocycles. The van der Waals surface area contributed by atoms with Crippen molar-refractivity contribution >= 4 is 51.8 Å². The Labute approximate surface area is 201 Å². The van der Waals surface area contributed by atoms with Crippen LogP contribution >= 0.6 is 12.2 Å². The number of benzene rings is 2. The van der Waals surface area contributed by atoms with Gasteiger partial charge in [0.25, 0.3) is 5.91 Å². The molecule has 0 saturated carbocycles. The van der Waals surface area contributed by atoms with Crippen molar-refractivity contribution in [2.45, 2.75) is 13.1 Å². The van der Waals surface area contributed by atoms with Crippen molar-refractivity contribution in [2.75, 3.05) is 11.9 Å². The van der Waals surface area contributed by atoms with E-state index >= 15 is 0 Å². The second-order valence-corrected chi connectivity index (χ2v) is 8.30. The van der Waals surface area contributed by atoms with Crippen LogP contribution in [0.15, 0.2) is 89.3 Å². The van der Waals surface area contributed by atoms with E-state index < -0.39 is 0 Å². The molecule has 0 unspecified atom stereocenters. The van der Waals surface area contributed by atoms with Gasteiger partial charge in [-0.05, 0) is 48.6 Å². The van der Waals surface area contributed by atoms with Crippen LogP contribution in [-0.4, -0.2) is 33.4 Å². The zero-order valence-electron chi connectivity index (χ0n) is 18.5. The minimum atomic E-state index is -0.188. The molecule has 0 atom stereocenters.